The standard InChI is InChI=1S/C34H68O3S/c1-3-5-7-9-11-13-15-17-19-21-23-25-27-29-31-33-34(38(35,36)37)32-30-28-26-24-22-20-18-16-14-12-10-8-6-4-2/h33H,3-32H2,1-2H3,(H,35,36,37). The van der Waals surface area contributed by atoms with Gasteiger partial charge in [-0.25, -0.2) is 0 Å². The molecule has 4 heteroatoms. The Morgan fingerprint density at radius 3 is 1.00 bits per heavy atom. The number of unbranched alkanes of at least 4 members (excludes halogenated alkanes) is 27. The topological polar surface area (TPSA) is 54.4 Å². The molecule has 0 rings (SSSR count). The second kappa shape index (κ2) is 29.6. The summed E-state index contributed by atoms with van der Waals surface area (Å²) in [4.78, 5) is 0.256. The van der Waals surface area contributed by atoms with Crippen LogP contribution in [0.15, 0.2) is 11.0 Å². The first-order valence-electron chi connectivity index (χ1n) is 17.2. The first kappa shape index (κ1) is 37.6. The third-order valence-electron chi connectivity index (χ3n) is 8.04. The summed E-state index contributed by atoms with van der Waals surface area (Å²) in [6.45, 7) is 4.54. The van der Waals surface area contributed by atoms with E-state index in [2.05, 4.69) is 13.8 Å². The van der Waals surface area contributed by atoms with E-state index in [0.29, 0.717) is 6.42 Å². The molecule has 0 aromatic heterocycles. The summed E-state index contributed by atoms with van der Waals surface area (Å²) in [5, 5.41) is 0. The summed E-state index contributed by atoms with van der Waals surface area (Å²) < 4.78 is 33.1. The molecule has 0 unspecified atom stereocenters. The minimum absolute atomic E-state index is 0.256. The smallest absolute Gasteiger partial charge is 0.282 e. The Balaban J connectivity index is 3.62. The highest BCUT2D eigenvalue weighted by molar-refractivity contribution is 7.89. The summed E-state index contributed by atoms with van der Waals surface area (Å²) in [5.41, 5.74) is 0. The van der Waals surface area contributed by atoms with E-state index in [4.69, 9.17) is 0 Å². The summed E-state index contributed by atoms with van der Waals surface area (Å²) in [6.07, 6.45) is 39.7. The van der Waals surface area contributed by atoms with Crippen LogP contribution >= 0.6 is 0 Å². The minimum atomic E-state index is -4.04. The Labute approximate surface area is 240 Å². The van der Waals surface area contributed by atoms with Gasteiger partial charge >= 0.3 is 0 Å². The van der Waals surface area contributed by atoms with Crippen LogP contribution in [-0.2, 0) is 10.1 Å². The van der Waals surface area contributed by atoms with Gasteiger partial charge in [0.05, 0.1) is 4.91 Å². The summed E-state index contributed by atoms with van der Waals surface area (Å²) in [6, 6.07) is 0. The third kappa shape index (κ3) is 28.7. The van der Waals surface area contributed by atoms with Crippen LogP contribution in [0.25, 0.3) is 0 Å². The van der Waals surface area contributed by atoms with Crippen molar-refractivity contribution in [2.45, 2.75) is 206 Å². The van der Waals surface area contributed by atoms with Crippen molar-refractivity contribution in [1.82, 2.24) is 0 Å². The highest BCUT2D eigenvalue weighted by atomic mass is 32.2. The Bertz CT molecular complexity index is 597. The molecule has 0 bridgehead atoms. The Morgan fingerprint density at radius 1 is 0.447 bits per heavy atom. The van der Waals surface area contributed by atoms with E-state index in [0.717, 1.165) is 32.1 Å². The predicted octanol–water partition coefficient (Wildman–Crippen LogP) is 12.5. The fraction of sp³-hybridized carbons (Fsp3) is 0.941. The molecule has 1 N–H and O–H groups in total. The highest BCUT2D eigenvalue weighted by Gasteiger charge is 2.12. The molecule has 38 heavy (non-hydrogen) atoms. The average Bonchev–Trinajstić information content (AvgIpc) is 2.89. The molecule has 0 saturated heterocycles. The molecular formula is C34H68O3S. The Hall–Kier alpha value is -0.350. The molecule has 0 aromatic carbocycles. The molecule has 0 aliphatic rings. The molecular weight excluding hydrogens is 488 g/mol. The maximum absolute atomic E-state index is 11.8. The fourth-order valence-electron chi connectivity index (χ4n) is 5.43. The maximum atomic E-state index is 11.8. The van der Waals surface area contributed by atoms with E-state index in [1.54, 1.807) is 6.08 Å². The maximum Gasteiger partial charge on any atom is 0.290 e. The fourth-order valence-corrected chi connectivity index (χ4v) is 6.16. The molecule has 0 heterocycles. The largest absolute Gasteiger partial charge is 0.290 e. The first-order chi connectivity index (χ1) is 18.5. The quantitative estimate of drug-likeness (QED) is 0.0682. The van der Waals surface area contributed by atoms with Gasteiger partial charge in [-0.1, -0.05) is 187 Å². The molecule has 0 amide bonds. The van der Waals surface area contributed by atoms with Crippen LogP contribution in [0, 0.1) is 0 Å². The van der Waals surface area contributed by atoms with Crippen molar-refractivity contribution in [3.63, 3.8) is 0 Å². The molecule has 0 saturated carbocycles. The van der Waals surface area contributed by atoms with Crippen LogP contribution in [0.5, 0.6) is 0 Å². The van der Waals surface area contributed by atoms with E-state index < -0.39 is 10.1 Å². The molecule has 0 aliphatic heterocycles. The SMILES string of the molecule is CCCCCCCCCCCCCCCCC=C(CCCCCCCCCCCCCCCC)S(=O)(=O)O. The second-order valence-corrected chi connectivity index (χ2v) is 13.4. The molecule has 0 radical (unpaired) electrons. The normalized spacial score (nSPS) is 12.4. The van der Waals surface area contributed by atoms with E-state index in [-0.39, 0.29) is 4.91 Å². The molecule has 0 aliphatic carbocycles. The van der Waals surface area contributed by atoms with E-state index in [1.807, 2.05) is 0 Å². The van der Waals surface area contributed by atoms with Crippen molar-refractivity contribution in [2.24, 2.45) is 0 Å². The first-order valence-corrected chi connectivity index (χ1v) is 18.6. The van der Waals surface area contributed by atoms with Gasteiger partial charge in [-0.2, -0.15) is 8.42 Å². The van der Waals surface area contributed by atoms with Crippen LogP contribution in [0.1, 0.15) is 206 Å². The third-order valence-corrected chi connectivity index (χ3v) is 9.07. The van der Waals surface area contributed by atoms with Crippen molar-refractivity contribution in [3.8, 4) is 0 Å². The van der Waals surface area contributed by atoms with Gasteiger partial charge in [-0.05, 0) is 25.7 Å². The van der Waals surface area contributed by atoms with Crippen LogP contribution in [-0.4, -0.2) is 13.0 Å². The van der Waals surface area contributed by atoms with Gasteiger partial charge in [0.25, 0.3) is 10.1 Å². The average molecular weight is 557 g/mol. The molecule has 0 fully saturated rings. The highest BCUT2D eigenvalue weighted by Crippen LogP contribution is 2.19. The van der Waals surface area contributed by atoms with E-state index >= 15 is 0 Å². The van der Waals surface area contributed by atoms with Gasteiger partial charge in [0.1, 0.15) is 0 Å². The summed E-state index contributed by atoms with van der Waals surface area (Å²) in [7, 11) is -4.04. The number of allylic oxidation sites excluding steroid dienone is 2. The number of rotatable bonds is 31. The Morgan fingerprint density at radius 2 is 0.711 bits per heavy atom. The zero-order chi connectivity index (χ0) is 28.0. The molecule has 228 valence electrons. The van der Waals surface area contributed by atoms with Gasteiger partial charge in [0, 0.05) is 0 Å². The van der Waals surface area contributed by atoms with Gasteiger partial charge < -0.3 is 0 Å². The zero-order valence-electron chi connectivity index (χ0n) is 26.0. The molecule has 0 atom stereocenters. The second-order valence-electron chi connectivity index (χ2n) is 11.9. The number of hydrogen-bond donors (Lipinski definition) is 1. The molecule has 0 spiro atoms. The lowest BCUT2D eigenvalue weighted by atomic mass is 10.0. The number of hydrogen-bond acceptors (Lipinski definition) is 2. The molecule has 3 nitrogen and oxygen atoms in total. The van der Waals surface area contributed by atoms with Gasteiger partial charge in [-0.3, -0.25) is 4.55 Å². The summed E-state index contributed by atoms with van der Waals surface area (Å²) >= 11 is 0. The van der Waals surface area contributed by atoms with Crippen molar-refractivity contribution in [1.29, 1.82) is 0 Å². The summed E-state index contributed by atoms with van der Waals surface area (Å²) in [5.74, 6) is 0. The molecule has 0 aromatic rings. The lowest BCUT2D eigenvalue weighted by molar-refractivity contribution is 0.486. The monoisotopic (exact) mass is 556 g/mol. The van der Waals surface area contributed by atoms with E-state index in [9.17, 15) is 13.0 Å². The van der Waals surface area contributed by atoms with Gasteiger partial charge in [-0.15, -0.1) is 0 Å². The van der Waals surface area contributed by atoms with Crippen molar-refractivity contribution in [3.05, 3.63) is 11.0 Å². The van der Waals surface area contributed by atoms with Crippen molar-refractivity contribution < 1.29 is 13.0 Å². The van der Waals surface area contributed by atoms with Crippen LogP contribution in [0.2, 0.25) is 0 Å². The lowest BCUT2D eigenvalue weighted by Crippen LogP contribution is -2.02. The van der Waals surface area contributed by atoms with Crippen molar-refractivity contribution >= 4 is 10.1 Å². The zero-order valence-corrected chi connectivity index (χ0v) is 26.8. The van der Waals surface area contributed by atoms with Gasteiger partial charge in [0.15, 0.2) is 0 Å². The van der Waals surface area contributed by atoms with Crippen LogP contribution in [0.3, 0.4) is 0 Å². The lowest BCUT2D eigenvalue weighted by Gasteiger charge is -2.06. The predicted molar refractivity (Wildman–Crippen MR) is 169 cm³/mol. The van der Waals surface area contributed by atoms with Crippen LogP contribution < -0.4 is 0 Å². The van der Waals surface area contributed by atoms with Crippen LogP contribution in [0.4, 0.5) is 0 Å². The Kier molecular flexibility index (Phi) is 29.4. The van der Waals surface area contributed by atoms with Crippen molar-refractivity contribution in [2.75, 3.05) is 0 Å². The minimum Gasteiger partial charge on any atom is -0.282 e. The van der Waals surface area contributed by atoms with Gasteiger partial charge in [0.2, 0.25) is 0 Å². The van der Waals surface area contributed by atoms with E-state index in [1.165, 1.54) is 154 Å².